The molecule has 2 heterocycles. The minimum Gasteiger partial charge on any atom is -0.489 e. The molecule has 0 atom stereocenters. The van der Waals surface area contributed by atoms with Gasteiger partial charge in [0.15, 0.2) is 0 Å². The number of aromatic amines is 4. The Labute approximate surface area is 185 Å². The number of rotatable bonds is 6. The van der Waals surface area contributed by atoms with E-state index >= 15 is 0 Å². The van der Waals surface area contributed by atoms with Crippen molar-refractivity contribution in [2.75, 3.05) is 0 Å². The number of halogens is 1. The van der Waals surface area contributed by atoms with Crippen molar-refractivity contribution in [3.05, 3.63) is 108 Å². The third-order valence-corrected chi connectivity index (χ3v) is 5.34. The van der Waals surface area contributed by atoms with E-state index in [1.807, 2.05) is 57.2 Å². The van der Waals surface area contributed by atoms with Gasteiger partial charge in [-0.25, -0.2) is 0 Å². The smallest absolute Gasteiger partial charge is 0.268 e. The van der Waals surface area contributed by atoms with Gasteiger partial charge < -0.3 is 14.9 Å². The minimum atomic E-state index is -0.499. The van der Waals surface area contributed by atoms with Crippen LogP contribution in [0, 0.1) is 20.8 Å². The van der Waals surface area contributed by atoms with E-state index in [1.54, 1.807) is 0 Å². The van der Waals surface area contributed by atoms with Gasteiger partial charge in [-0.2, -0.15) is 0 Å². The van der Waals surface area contributed by atoms with Crippen LogP contribution in [0.4, 0.5) is 0 Å². The molecule has 2 aromatic heterocycles. The second-order valence-corrected chi connectivity index (χ2v) is 7.51. The molecule has 4 N–H and O–H groups in total. The number of H-pyrrole nitrogens is 4. The summed E-state index contributed by atoms with van der Waals surface area (Å²) >= 11 is 0. The van der Waals surface area contributed by atoms with Gasteiger partial charge in [0, 0.05) is 17.3 Å². The summed E-state index contributed by atoms with van der Waals surface area (Å²) in [7, 11) is 0. The molecule has 162 valence electrons. The second kappa shape index (κ2) is 9.14. The molecule has 0 fully saturated rings. The van der Waals surface area contributed by atoms with Gasteiger partial charge in [-0.15, -0.1) is 12.4 Å². The van der Waals surface area contributed by atoms with E-state index < -0.39 is 5.92 Å². The molecule has 8 heteroatoms. The molecule has 0 bridgehead atoms. The fourth-order valence-electron chi connectivity index (χ4n) is 3.69. The molecule has 0 spiro atoms. The Morgan fingerprint density at radius 2 is 1.26 bits per heavy atom. The molecule has 7 nitrogen and oxygen atoms in total. The lowest BCUT2D eigenvalue weighted by Crippen LogP contribution is -2.20. The van der Waals surface area contributed by atoms with Crippen molar-refractivity contribution in [2.24, 2.45) is 0 Å². The van der Waals surface area contributed by atoms with E-state index in [-0.39, 0.29) is 23.5 Å². The van der Waals surface area contributed by atoms with E-state index in [9.17, 15) is 9.59 Å². The second-order valence-electron chi connectivity index (χ2n) is 7.51. The van der Waals surface area contributed by atoms with Crippen LogP contribution < -0.4 is 15.9 Å². The quantitative estimate of drug-likeness (QED) is 0.366. The van der Waals surface area contributed by atoms with Crippen LogP contribution in [0.3, 0.4) is 0 Å². The maximum atomic E-state index is 12.5. The van der Waals surface area contributed by atoms with Gasteiger partial charge >= 0.3 is 0 Å². The van der Waals surface area contributed by atoms with Crippen molar-refractivity contribution in [3.63, 3.8) is 0 Å². The molecular formula is C23H25ClN4O3. The van der Waals surface area contributed by atoms with Crippen LogP contribution in [-0.2, 0) is 6.61 Å². The summed E-state index contributed by atoms with van der Waals surface area (Å²) in [5.74, 6) is 0.221. The number of aromatic nitrogens is 4. The molecule has 31 heavy (non-hydrogen) atoms. The first kappa shape index (κ1) is 22.2. The monoisotopic (exact) mass is 440 g/mol. The van der Waals surface area contributed by atoms with Crippen molar-refractivity contribution in [3.8, 4) is 5.75 Å². The zero-order chi connectivity index (χ0) is 21.3. The Hall–Kier alpha value is -3.45. The predicted molar refractivity (Wildman–Crippen MR) is 122 cm³/mol. The molecule has 0 aliphatic carbocycles. The maximum absolute atomic E-state index is 12.5. The van der Waals surface area contributed by atoms with Crippen molar-refractivity contribution in [1.29, 1.82) is 0 Å². The van der Waals surface area contributed by atoms with E-state index in [1.165, 1.54) is 5.56 Å². The van der Waals surface area contributed by atoms with E-state index in [4.69, 9.17) is 4.74 Å². The third kappa shape index (κ3) is 4.51. The van der Waals surface area contributed by atoms with Crippen LogP contribution in [-0.4, -0.2) is 20.4 Å². The summed E-state index contributed by atoms with van der Waals surface area (Å²) < 4.78 is 5.89. The molecular weight excluding hydrogens is 416 g/mol. The van der Waals surface area contributed by atoms with Gasteiger partial charge in [0.2, 0.25) is 0 Å². The minimum absolute atomic E-state index is 0. The fraction of sp³-hybridized carbons (Fsp3) is 0.217. The average molecular weight is 441 g/mol. The Kier molecular flexibility index (Phi) is 6.56. The fourth-order valence-corrected chi connectivity index (χ4v) is 3.69. The maximum Gasteiger partial charge on any atom is 0.268 e. The topological polar surface area (TPSA) is 107 Å². The molecule has 0 radical (unpaired) electrons. The first-order valence-electron chi connectivity index (χ1n) is 9.76. The van der Waals surface area contributed by atoms with Crippen molar-refractivity contribution in [2.45, 2.75) is 33.3 Å². The average Bonchev–Trinajstić information content (AvgIpc) is 3.25. The predicted octanol–water partition coefficient (Wildman–Crippen LogP) is 3.83. The Bertz CT molecular complexity index is 1210. The summed E-state index contributed by atoms with van der Waals surface area (Å²) in [6.45, 7) is 6.15. The van der Waals surface area contributed by atoms with Crippen LogP contribution in [0.25, 0.3) is 0 Å². The zero-order valence-corrected chi connectivity index (χ0v) is 18.4. The molecule has 0 amide bonds. The lowest BCUT2D eigenvalue weighted by atomic mass is 9.85. The highest BCUT2D eigenvalue weighted by Crippen LogP contribution is 2.32. The molecule has 0 aliphatic heterocycles. The first-order valence-corrected chi connectivity index (χ1v) is 9.76. The Morgan fingerprint density at radius 3 is 1.71 bits per heavy atom. The van der Waals surface area contributed by atoms with Crippen molar-refractivity contribution >= 4 is 12.4 Å². The van der Waals surface area contributed by atoms with E-state index in [0.717, 1.165) is 16.9 Å². The van der Waals surface area contributed by atoms with Crippen LogP contribution >= 0.6 is 12.4 Å². The molecule has 2 aromatic carbocycles. The van der Waals surface area contributed by atoms with Gasteiger partial charge in [-0.05, 0) is 44.0 Å². The summed E-state index contributed by atoms with van der Waals surface area (Å²) in [5.41, 5.74) is 5.10. The normalized spacial score (nSPS) is 10.8. The standard InChI is InChI=1S/C23H24N4O3.ClH/c1-13-4-6-16(7-5-13)12-30-18-10-8-17(9-11-18)21(19-14(2)24-26-22(19)28)20-15(3)25-27-23(20)29;/h4-11,21H,12H2,1-3H3,(H2,24,26,28)(H2,25,27,29);1H. The van der Waals surface area contributed by atoms with Crippen LogP contribution in [0.15, 0.2) is 58.1 Å². The number of nitrogens with one attached hydrogen (secondary N) is 4. The largest absolute Gasteiger partial charge is 0.489 e. The lowest BCUT2D eigenvalue weighted by Gasteiger charge is -2.16. The first-order chi connectivity index (χ1) is 14.4. The number of hydrogen-bond donors (Lipinski definition) is 4. The SMILES string of the molecule is Cc1ccc(COc2ccc(C(c3c(C)[nH][nH]c3=O)c3c(C)[nH][nH]c3=O)cc2)cc1.Cl. The summed E-state index contributed by atoms with van der Waals surface area (Å²) in [6, 6.07) is 15.7. The molecule has 0 saturated carbocycles. The number of ether oxygens (including phenoxy) is 1. The van der Waals surface area contributed by atoms with Gasteiger partial charge in [-0.3, -0.25) is 19.8 Å². The van der Waals surface area contributed by atoms with Crippen LogP contribution in [0.5, 0.6) is 5.75 Å². The van der Waals surface area contributed by atoms with Crippen LogP contribution in [0.2, 0.25) is 0 Å². The number of hydrogen-bond acceptors (Lipinski definition) is 3. The van der Waals surface area contributed by atoms with Crippen LogP contribution in [0.1, 0.15) is 45.1 Å². The lowest BCUT2D eigenvalue weighted by molar-refractivity contribution is 0.306. The van der Waals surface area contributed by atoms with Crippen molar-refractivity contribution in [1.82, 2.24) is 20.4 Å². The summed E-state index contributed by atoms with van der Waals surface area (Å²) in [4.78, 5) is 25.0. The summed E-state index contributed by atoms with van der Waals surface area (Å²) in [5, 5.41) is 10.9. The number of aryl methyl sites for hydroxylation is 3. The summed E-state index contributed by atoms with van der Waals surface area (Å²) in [6.07, 6.45) is 0. The Morgan fingerprint density at radius 1 is 0.742 bits per heavy atom. The third-order valence-electron chi connectivity index (χ3n) is 5.34. The van der Waals surface area contributed by atoms with Gasteiger partial charge in [0.05, 0.1) is 11.1 Å². The van der Waals surface area contributed by atoms with Crippen molar-refractivity contribution < 1.29 is 4.74 Å². The van der Waals surface area contributed by atoms with E-state index in [0.29, 0.717) is 29.1 Å². The van der Waals surface area contributed by atoms with Gasteiger partial charge in [0.25, 0.3) is 11.1 Å². The van der Waals surface area contributed by atoms with Gasteiger partial charge in [-0.1, -0.05) is 42.0 Å². The molecule has 0 aliphatic rings. The molecule has 0 saturated heterocycles. The molecule has 4 aromatic rings. The Balaban J connectivity index is 0.00000272. The highest BCUT2D eigenvalue weighted by atomic mass is 35.5. The van der Waals surface area contributed by atoms with E-state index in [2.05, 4.69) is 32.5 Å². The zero-order valence-electron chi connectivity index (χ0n) is 17.5. The van der Waals surface area contributed by atoms with Gasteiger partial charge in [0.1, 0.15) is 12.4 Å². The highest BCUT2D eigenvalue weighted by molar-refractivity contribution is 5.85. The number of benzene rings is 2. The molecule has 4 rings (SSSR count). The highest BCUT2D eigenvalue weighted by Gasteiger charge is 2.27. The molecule has 0 unspecified atom stereocenters.